The second kappa shape index (κ2) is 8.60. The summed E-state index contributed by atoms with van der Waals surface area (Å²) < 4.78 is 5.18. The van der Waals surface area contributed by atoms with Crippen LogP contribution in [0, 0.1) is 0 Å². The molecule has 2 aliphatic heterocycles. The molecule has 3 rings (SSSR count). The van der Waals surface area contributed by atoms with Crippen molar-refractivity contribution < 1.29 is 24.0 Å². The molecular weight excluding hydrogens is 336 g/mol. The number of imide groups is 1. The quantitative estimate of drug-likeness (QED) is 0.459. The normalized spacial score (nSPS) is 21.7. The van der Waals surface area contributed by atoms with Crippen molar-refractivity contribution in [3.8, 4) is 0 Å². The molecule has 1 fully saturated rings. The van der Waals surface area contributed by atoms with Crippen LogP contribution in [-0.2, 0) is 19.2 Å². The SMILES string of the molecule is O=C1CCC(CCCCC2CC(C(=O)NC(=O)c3ccccc3)=NO2)O1. The standard InChI is InChI=1S/C19H22N2O5/c22-17-11-10-14(25-17)8-4-5-9-15-12-16(21-26-15)19(24)20-18(23)13-6-2-1-3-7-13/h1-3,6-7,14-15H,4-5,8-12H2,(H,20,23,24). The van der Waals surface area contributed by atoms with Gasteiger partial charge in [-0.3, -0.25) is 19.7 Å². The molecule has 1 N–H and O–H groups in total. The van der Waals surface area contributed by atoms with Crippen LogP contribution in [0.15, 0.2) is 35.5 Å². The molecule has 2 atom stereocenters. The van der Waals surface area contributed by atoms with Crippen LogP contribution in [0.2, 0.25) is 0 Å². The summed E-state index contributed by atoms with van der Waals surface area (Å²) in [4.78, 5) is 40.4. The van der Waals surface area contributed by atoms with Crippen molar-refractivity contribution >= 4 is 23.5 Å². The number of carbonyl (C=O) groups is 3. The summed E-state index contributed by atoms with van der Waals surface area (Å²) in [5.74, 6) is -1.07. The van der Waals surface area contributed by atoms with Crippen LogP contribution in [0.1, 0.15) is 55.3 Å². The van der Waals surface area contributed by atoms with Crippen LogP contribution < -0.4 is 5.32 Å². The number of ether oxygens (including phenoxy) is 1. The first-order chi connectivity index (χ1) is 12.6. The average Bonchev–Trinajstić information content (AvgIpc) is 3.28. The van der Waals surface area contributed by atoms with Gasteiger partial charge in [0.25, 0.3) is 11.8 Å². The fraction of sp³-hybridized carbons (Fsp3) is 0.474. The van der Waals surface area contributed by atoms with Gasteiger partial charge in [-0.1, -0.05) is 23.4 Å². The molecule has 2 amide bonds. The Kier molecular flexibility index (Phi) is 5.99. The third-order valence-electron chi connectivity index (χ3n) is 4.53. The molecule has 0 bridgehead atoms. The zero-order valence-corrected chi connectivity index (χ0v) is 14.5. The Morgan fingerprint density at radius 3 is 2.50 bits per heavy atom. The number of nitrogens with zero attached hydrogens (tertiary/aromatic N) is 1. The zero-order valence-electron chi connectivity index (χ0n) is 14.5. The number of benzene rings is 1. The fourth-order valence-electron chi connectivity index (χ4n) is 3.08. The van der Waals surface area contributed by atoms with Crippen molar-refractivity contribution in [1.29, 1.82) is 0 Å². The van der Waals surface area contributed by atoms with Gasteiger partial charge in [-0.25, -0.2) is 0 Å². The van der Waals surface area contributed by atoms with Gasteiger partial charge >= 0.3 is 5.97 Å². The van der Waals surface area contributed by atoms with Crippen molar-refractivity contribution in [2.24, 2.45) is 5.16 Å². The molecule has 1 aromatic rings. The highest BCUT2D eigenvalue weighted by Gasteiger charge is 2.27. The van der Waals surface area contributed by atoms with E-state index in [9.17, 15) is 14.4 Å². The third-order valence-corrected chi connectivity index (χ3v) is 4.53. The summed E-state index contributed by atoms with van der Waals surface area (Å²) in [5, 5.41) is 6.14. The molecule has 2 aliphatic rings. The van der Waals surface area contributed by atoms with E-state index in [0.29, 0.717) is 18.4 Å². The van der Waals surface area contributed by atoms with E-state index in [1.54, 1.807) is 30.3 Å². The summed E-state index contributed by atoms with van der Waals surface area (Å²) in [6, 6.07) is 8.55. The zero-order chi connectivity index (χ0) is 18.4. The van der Waals surface area contributed by atoms with Gasteiger partial charge in [-0.05, 0) is 44.2 Å². The highest BCUT2D eigenvalue weighted by molar-refractivity contribution is 6.42. The number of hydrogen-bond donors (Lipinski definition) is 1. The highest BCUT2D eigenvalue weighted by atomic mass is 16.6. The predicted molar refractivity (Wildman–Crippen MR) is 93.4 cm³/mol. The molecule has 7 heteroatoms. The molecule has 0 aromatic heterocycles. The maximum absolute atomic E-state index is 12.1. The first-order valence-electron chi connectivity index (χ1n) is 8.94. The van der Waals surface area contributed by atoms with Gasteiger partial charge in [0.2, 0.25) is 0 Å². The first kappa shape index (κ1) is 18.1. The number of amides is 2. The maximum atomic E-state index is 12.1. The Bertz CT molecular complexity index is 701. The third kappa shape index (κ3) is 4.91. The van der Waals surface area contributed by atoms with Crippen molar-refractivity contribution in [2.45, 2.75) is 57.2 Å². The number of carbonyl (C=O) groups excluding carboxylic acids is 3. The van der Waals surface area contributed by atoms with Crippen LogP contribution in [0.25, 0.3) is 0 Å². The molecule has 2 unspecified atom stereocenters. The van der Waals surface area contributed by atoms with Gasteiger partial charge < -0.3 is 9.57 Å². The lowest BCUT2D eigenvalue weighted by Crippen LogP contribution is -2.35. The monoisotopic (exact) mass is 358 g/mol. The van der Waals surface area contributed by atoms with E-state index in [4.69, 9.17) is 9.57 Å². The van der Waals surface area contributed by atoms with E-state index in [1.165, 1.54) is 0 Å². The largest absolute Gasteiger partial charge is 0.462 e. The van der Waals surface area contributed by atoms with Gasteiger partial charge in [0.15, 0.2) is 0 Å². The Labute approximate surface area is 151 Å². The van der Waals surface area contributed by atoms with Crippen LogP contribution in [0.4, 0.5) is 0 Å². The summed E-state index contributed by atoms with van der Waals surface area (Å²) in [5.41, 5.74) is 0.661. The molecule has 0 aliphatic carbocycles. The lowest BCUT2D eigenvalue weighted by atomic mass is 10.0. The van der Waals surface area contributed by atoms with Gasteiger partial charge in [0.1, 0.15) is 17.9 Å². The molecule has 0 radical (unpaired) electrons. The van der Waals surface area contributed by atoms with E-state index in [2.05, 4.69) is 10.5 Å². The van der Waals surface area contributed by atoms with Gasteiger partial charge in [-0.15, -0.1) is 0 Å². The molecular formula is C19H22N2O5. The average molecular weight is 358 g/mol. The van der Waals surface area contributed by atoms with Crippen LogP contribution in [0.5, 0.6) is 0 Å². The summed E-state index contributed by atoms with van der Waals surface area (Å²) in [6.07, 6.45) is 5.10. The molecule has 2 heterocycles. The minimum atomic E-state index is -0.515. The minimum absolute atomic E-state index is 0.0496. The van der Waals surface area contributed by atoms with Crippen LogP contribution in [-0.4, -0.2) is 35.7 Å². The number of oxime groups is 1. The van der Waals surface area contributed by atoms with E-state index in [0.717, 1.165) is 32.1 Å². The molecule has 1 aromatic carbocycles. The maximum Gasteiger partial charge on any atom is 0.306 e. The lowest BCUT2D eigenvalue weighted by Gasteiger charge is -2.10. The van der Waals surface area contributed by atoms with E-state index in [-0.39, 0.29) is 23.9 Å². The topological polar surface area (TPSA) is 94.1 Å². The Balaban J connectivity index is 1.34. The van der Waals surface area contributed by atoms with Gasteiger partial charge in [0, 0.05) is 18.4 Å². The Hall–Kier alpha value is -2.70. The predicted octanol–water partition coefficient (Wildman–Crippen LogP) is 2.35. The first-order valence-corrected chi connectivity index (χ1v) is 8.94. The molecule has 0 spiro atoms. The molecule has 26 heavy (non-hydrogen) atoms. The Morgan fingerprint density at radius 1 is 1.08 bits per heavy atom. The van der Waals surface area contributed by atoms with Crippen LogP contribution >= 0.6 is 0 Å². The van der Waals surface area contributed by atoms with E-state index in [1.807, 2.05) is 0 Å². The molecule has 138 valence electrons. The number of esters is 1. The second-order valence-electron chi connectivity index (χ2n) is 6.55. The number of rotatable bonds is 7. The van der Waals surface area contributed by atoms with Gasteiger partial charge in [-0.2, -0.15) is 0 Å². The smallest absolute Gasteiger partial charge is 0.306 e. The molecule has 0 saturated carbocycles. The van der Waals surface area contributed by atoms with E-state index < -0.39 is 11.8 Å². The summed E-state index contributed by atoms with van der Waals surface area (Å²) >= 11 is 0. The lowest BCUT2D eigenvalue weighted by molar-refractivity contribution is -0.141. The number of hydrogen-bond acceptors (Lipinski definition) is 6. The summed E-state index contributed by atoms with van der Waals surface area (Å²) in [6.45, 7) is 0. The summed E-state index contributed by atoms with van der Waals surface area (Å²) in [7, 11) is 0. The highest BCUT2D eigenvalue weighted by Crippen LogP contribution is 2.22. The fourth-order valence-corrected chi connectivity index (χ4v) is 3.08. The van der Waals surface area contributed by atoms with Crippen LogP contribution in [0.3, 0.4) is 0 Å². The van der Waals surface area contributed by atoms with Crippen molar-refractivity contribution in [2.75, 3.05) is 0 Å². The molecule has 7 nitrogen and oxygen atoms in total. The minimum Gasteiger partial charge on any atom is -0.462 e. The number of nitrogens with one attached hydrogen (secondary N) is 1. The van der Waals surface area contributed by atoms with Crippen molar-refractivity contribution in [3.05, 3.63) is 35.9 Å². The molecule has 1 saturated heterocycles. The van der Waals surface area contributed by atoms with Crippen molar-refractivity contribution in [3.63, 3.8) is 0 Å². The van der Waals surface area contributed by atoms with Crippen molar-refractivity contribution in [1.82, 2.24) is 5.32 Å². The van der Waals surface area contributed by atoms with E-state index >= 15 is 0 Å². The van der Waals surface area contributed by atoms with Gasteiger partial charge in [0.05, 0.1) is 0 Å². The number of cyclic esters (lactones) is 1. The Morgan fingerprint density at radius 2 is 1.81 bits per heavy atom. The second-order valence-corrected chi connectivity index (χ2v) is 6.55. The number of unbranched alkanes of at least 4 members (excludes halogenated alkanes) is 1.